The van der Waals surface area contributed by atoms with Crippen molar-refractivity contribution in [1.82, 2.24) is 9.97 Å². The second kappa shape index (κ2) is 7.43. The average Bonchev–Trinajstić information content (AvgIpc) is 2.47. The summed E-state index contributed by atoms with van der Waals surface area (Å²) in [5.74, 6) is 8.50. The van der Waals surface area contributed by atoms with E-state index in [1.807, 2.05) is 17.8 Å². The van der Waals surface area contributed by atoms with Gasteiger partial charge in [0, 0.05) is 22.2 Å². The summed E-state index contributed by atoms with van der Waals surface area (Å²) in [7, 11) is 0. The van der Waals surface area contributed by atoms with Gasteiger partial charge < -0.3 is 5.43 Å². The molecule has 0 aliphatic rings. The number of hydrogen-bond donors (Lipinski definition) is 2. The van der Waals surface area contributed by atoms with Crippen LogP contribution < -0.4 is 11.3 Å². The fraction of sp³-hybridized carbons (Fsp3) is 0.375. The zero-order valence-corrected chi connectivity index (χ0v) is 13.6. The quantitative estimate of drug-likeness (QED) is 0.483. The van der Waals surface area contributed by atoms with Crippen LogP contribution in [-0.2, 0) is 6.42 Å². The van der Waals surface area contributed by atoms with E-state index in [-0.39, 0.29) is 0 Å². The van der Waals surface area contributed by atoms with Gasteiger partial charge in [0.05, 0.1) is 0 Å². The SMILES string of the molecule is CCSc1ccc(-c2nc(CC(C)C)cc(NN)n2)cc1. The van der Waals surface area contributed by atoms with Crippen LogP contribution in [0.3, 0.4) is 0 Å². The first kappa shape index (κ1) is 15.8. The molecule has 0 saturated carbocycles. The molecule has 0 radical (unpaired) electrons. The number of nitrogens with one attached hydrogen (secondary N) is 1. The molecule has 0 spiro atoms. The molecule has 0 bridgehead atoms. The van der Waals surface area contributed by atoms with E-state index in [2.05, 4.69) is 60.4 Å². The van der Waals surface area contributed by atoms with Gasteiger partial charge in [-0.25, -0.2) is 15.8 Å². The van der Waals surface area contributed by atoms with Gasteiger partial charge in [0.25, 0.3) is 0 Å². The highest BCUT2D eigenvalue weighted by atomic mass is 32.2. The molecule has 21 heavy (non-hydrogen) atoms. The summed E-state index contributed by atoms with van der Waals surface area (Å²) in [6, 6.07) is 10.2. The first-order valence-corrected chi connectivity index (χ1v) is 8.18. The Balaban J connectivity index is 2.32. The van der Waals surface area contributed by atoms with Crippen LogP contribution in [0.25, 0.3) is 11.4 Å². The van der Waals surface area contributed by atoms with E-state index in [1.54, 1.807) is 0 Å². The molecule has 5 heteroatoms. The Morgan fingerprint density at radius 1 is 1.19 bits per heavy atom. The molecule has 1 aromatic heterocycles. The van der Waals surface area contributed by atoms with Crippen molar-refractivity contribution < 1.29 is 0 Å². The Labute approximate surface area is 130 Å². The number of nitrogens with zero attached hydrogens (tertiary/aromatic N) is 2. The van der Waals surface area contributed by atoms with Crippen LogP contribution in [0, 0.1) is 5.92 Å². The van der Waals surface area contributed by atoms with Crippen molar-refractivity contribution in [3.63, 3.8) is 0 Å². The lowest BCUT2D eigenvalue weighted by Gasteiger charge is -2.10. The molecule has 3 N–H and O–H groups in total. The van der Waals surface area contributed by atoms with Gasteiger partial charge in [-0.05, 0) is 30.2 Å². The van der Waals surface area contributed by atoms with Crippen LogP contribution in [0.15, 0.2) is 35.2 Å². The summed E-state index contributed by atoms with van der Waals surface area (Å²) >= 11 is 1.83. The van der Waals surface area contributed by atoms with Crippen molar-refractivity contribution in [1.29, 1.82) is 0 Å². The second-order valence-corrected chi connectivity index (χ2v) is 6.61. The zero-order chi connectivity index (χ0) is 15.2. The van der Waals surface area contributed by atoms with Crippen molar-refractivity contribution in [3.05, 3.63) is 36.0 Å². The minimum absolute atomic E-state index is 0.543. The number of rotatable bonds is 6. The lowest BCUT2D eigenvalue weighted by atomic mass is 10.1. The van der Waals surface area contributed by atoms with Crippen molar-refractivity contribution >= 4 is 17.6 Å². The summed E-state index contributed by atoms with van der Waals surface area (Å²) in [5, 5.41) is 0. The third-order valence-electron chi connectivity index (χ3n) is 2.97. The van der Waals surface area contributed by atoms with Gasteiger partial charge in [0.1, 0.15) is 5.82 Å². The van der Waals surface area contributed by atoms with Crippen LogP contribution in [0.2, 0.25) is 0 Å². The zero-order valence-electron chi connectivity index (χ0n) is 12.8. The summed E-state index contributed by atoms with van der Waals surface area (Å²) in [5.41, 5.74) is 4.65. The molecule has 2 rings (SSSR count). The molecule has 2 aromatic rings. The number of anilines is 1. The number of thioether (sulfide) groups is 1. The summed E-state index contributed by atoms with van der Waals surface area (Å²) in [4.78, 5) is 10.4. The number of aromatic nitrogens is 2. The van der Waals surface area contributed by atoms with Crippen molar-refractivity contribution in [2.24, 2.45) is 11.8 Å². The lowest BCUT2D eigenvalue weighted by molar-refractivity contribution is 0.635. The Hall–Kier alpha value is -1.59. The normalized spacial score (nSPS) is 10.9. The Bertz CT molecular complexity index is 581. The average molecular weight is 302 g/mol. The maximum atomic E-state index is 5.52. The first-order chi connectivity index (χ1) is 10.1. The summed E-state index contributed by atoms with van der Waals surface area (Å²) < 4.78 is 0. The maximum Gasteiger partial charge on any atom is 0.161 e. The molecule has 0 unspecified atom stereocenters. The highest BCUT2D eigenvalue weighted by molar-refractivity contribution is 7.99. The van der Waals surface area contributed by atoms with Gasteiger partial charge in [-0.15, -0.1) is 11.8 Å². The van der Waals surface area contributed by atoms with E-state index < -0.39 is 0 Å². The minimum atomic E-state index is 0.543. The smallest absolute Gasteiger partial charge is 0.161 e. The number of hydrogen-bond acceptors (Lipinski definition) is 5. The third kappa shape index (κ3) is 4.44. The summed E-state index contributed by atoms with van der Waals surface area (Å²) in [6.45, 7) is 6.50. The van der Waals surface area contributed by atoms with Crippen LogP contribution in [0.4, 0.5) is 5.82 Å². The highest BCUT2D eigenvalue weighted by Crippen LogP contribution is 2.23. The maximum absolute atomic E-state index is 5.52. The minimum Gasteiger partial charge on any atom is -0.308 e. The molecule has 4 nitrogen and oxygen atoms in total. The number of hydrazine groups is 1. The van der Waals surface area contributed by atoms with Crippen LogP contribution in [0.5, 0.6) is 0 Å². The lowest BCUT2D eigenvalue weighted by Crippen LogP contribution is -2.11. The molecule has 1 heterocycles. The van der Waals surface area contributed by atoms with E-state index in [0.29, 0.717) is 17.6 Å². The highest BCUT2D eigenvalue weighted by Gasteiger charge is 2.08. The van der Waals surface area contributed by atoms with E-state index in [1.165, 1.54) is 4.90 Å². The Morgan fingerprint density at radius 3 is 2.48 bits per heavy atom. The summed E-state index contributed by atoms with van der Waals surface area (Å²) in [6.07, 6.45) is 0.911. The number of nitrogen functional groups attached to an aromatic ring is 1. The number of nitrogens with two attached hydrogens (primary N) is 1. The third-order valence-corrected chi connectivity index (χ3v) is 3.86. The topological polar surface area (TPSA) is 63.8 Å². The van der Waals surface area contributed by atoms with E-state index in [4.69, 9.17) is 5.84 Å². The van der Waals surface area contributed by atoms with Gasteiger partial charge in [0.15, 0.2) is 5.82 Å². The molecule has 0 aliphatic carbocycles. The monoisotopic (exact) mass is 302 g/mol. The van der Waals surface area contributed by atoms with Crippen molar-refractivity contribution in [2.75, 3.05) is 11.2 Å². The molecular formula is C16H22N4S. The predicted octanol–water partition coefficient (Wildman–Crippen LogP) is 3.74. The fourth-order valence-electron chi connectivity index (χ4n) is 2.09. The first-order valence-electron chi connectivity index (χ1n) is 7.20. The fourth-order valence-corrected chi connectivity index (χ4v) is 2.75. The standard InChI is InChI=1S/C16H22N4S/c1-4-21-14-7-5-12(6-8-14)16-18-13(9-11(2)3)10-15(19-16)20-17/h5-8,10-11H,4,9,17H2,1-3H3,(H,18,19,20). The van der Waals surface area contributed by atoms with Crippen LogP contribution in [0.1, 0.15) is 26.5 Å². The molecule has 0 atom stereocenters. The molecular weight excluding hydrogens is 280 g/mol. The largest absolute Gasteiger partial charge is 0.308 e. The van der Waals surface area contributed by atoms with Gasteiger partial charge in [0.2, 0.25) is 0 Å². The van der Waals surface area contributed by atoms with E-state index in [9.17, 15) is 0 Å². The second-order valence-electron chi connectivity index (χ2n) is 5.27. The van der Waals surface area contributed by atoms with Gasteiger partial charge in [-0.1, -0.05) is 32.9 Å². The molecule has 0 aliphatic heterocycles. The molecule has 112 valence electrons. The van der Waals surface area contributed by atoms with Crippen molar-refractivity contribution in [3.8, 4) is 11.4 Å². The molecule has 0 saturated heterocycles. The predicted molar refractivity (Wildman–Crippen MR) is 90.2 cm³/mol. The number of benzene rings is 1. The molecule has 0 fully saturated rings. The van der Waals surface area contributed by atoms with Gasteiger partial charge in [-0.2, -0.15) is 0 Å². The molecule has 1 aromatic carbocycles. The van der Waals surface area contributed by atoms with Crippen molar-refractivity contribution in [2.45, 2.75) is 32.1 Å². The van der Waals surface area contributed by atoms with E-state index in [0.717, 1.165) is 23.4 Å². The Morgan fingerprint density at radius 2 is 1.90 bits per heavy atom. The van der Waals surface area contributed by atoms with E-state index >= 15 is 0 Å². The van der Waals surface area contributed by atoms with Crippen LogP contribution >= 0.6 is 11.8 Å². The molecule has 0 amide bonds. The van der Waals surface area contributed by atoms with Crippen LogP contribution in [-0.4, -0.2) is 15.7 Å². The van der Waals surface area contributed by atoms with Gasteiger partial charge >= 0.3 is 0 Å². The van der Waals surface area contributed by atoms with Gasteiger partial charge in [-0.3, -0.25) is 0 Å². The Kier molecular flexibility index (Phi) is 5.59.